The summed E-state index contributed by atoms with van der Waals surface area (Å²) in [6.07, 6.45) is 2.91. The van der Waals surface area contributed by atoms with Gasteiger partial charge in [-0.15, -0.1) is 0 Å². The Labute approximate surface area is 231 Å². The molecule has 0 atom stereocenters. The van der Waals surface area contributed by atoms with E-state index in [1.54, 1.807) is 24.3 Å². The van der Waals surface area contributed by atoms with Gasteiger partial charge in [-0.1, -0.05) is 25.1 Å². The third-order valence-corrected chi connectivity index (χ3v) is 6.89. The van der Waals surface area contributed by atoms with Gasteiger partial charge in [0.2, 0.25) is 0 Å². The van der Waals surface area contributed by atoms with Gasteiger partial charge >= 0.3 is 5.97 Å². The Hall–Kier alpha value is -4.05. The van der Waals surface area contributed by atoms with Gasteiger partial charge in [0.05, 0.1) is 41.3 Å². The van der Waals surface area contributed by atoms with Gasteiger partial charge < -0.3 is 19.3 Å². The molecule has 0 saturated heterocycles. The Morgan fingerprint density at radius 1 is 1.00 bits per heavy atom. The highest BCUT2D eigenvalue weighted by atomic mass is 32.2. The van der Waals surface area contributed by atoms with E-state index in [1.165, 1.54) is 44.0 Å². The number of unbranched alkanes of at least 4 members (excludes halogenated alkanes) is 1. The molecule has 0 fully saturated rings. The summed E-state index contributed by atoms with van der Waals surface area (Å²) in [6.45, 7) is 4.35. The molecule has 0 aliphatic carbocycles. The van der Waals surface area contributed by atoms with E-state index in [-0.39, 0.29) is 22.8 Å². The SMILES string of the molecule is CCCc1c(OCCCCOc2ccc(Sc3ccc(C(=O)OC)cc3[N+](=O)[O-])cc2)ccc(C(C)=O)c1O. The highest BCUT2D eigenvalue weighted by Crippen LogP contribution is 2.36. The van der Waals surface area contributed by atoms with Gasteiger partial charge in [0, 0.05) is 16.5 Å². The summed E-state index contributed by atoms with van der Waals surface area (Å²) >= 11 is 1.22. The van der Waals surface area contributed by atoms with Gasteiger partial charge in [-0.3, -0.25) is 14.9 Å². The number of nitro groups is 1. The van der Waals surface area contributed by atoms with Gasteiger partial charge in [-0.2, -0.15) is 0 Å². The first kappa shape index (κ1) is 29.5. The Kier molecular flexibility index (Phi) is 10.7. The van der Waals surface area contributed by atoms with Gasteiger partial charge in [0.25, 0.3) is 5.69 Å². The molecule has 0 unspecified atom stereocenters. The van der Waals surface area contributed by atoms with Crippen LogP contribution in [0.25, 0.3) is 0 Å². The van der Waals surface area contributed by atoms with Crippen LogP contribution >= 0.6 is 11.8 Å². The molecular formula is C29H31NO8S. The number of methoxy groups -OCH3 is 1. The van der Waals surface area contributed by atoms with E-state index in [0.717, 1.165) is 24.2 Å². The number of phenols is 1. The van der Waals surface area contributed by atoms with Crippen molar-refractivity contribution in [3.8, 4) is 17.2 Å². The molecule has 9 nitrogen and oxygen atoms in total. The predicted molar refractivity (Wildman–Crippen MR) is 147 cm³/mol. The topological polar surface area (TPSA) is 125 Å². The molecule has 0 aromatic heterocycles. The number of phenolic OH excluding ortho intramolecular Hbond substituents is 1. The number of aromatic hydroxyl groups is 1. The molecule has 1 N–H and O–H groups in total. The molecule has 206 valence electrons. The largest absolute Gasteiger partial charge is 0.507 e. The number of ether oxygens (including phenoxy) is 3. The molecule has 0 heterocycles. The van der Waals surface area contributed by atoms with Crippen LogP contribution < -0.4 is 9.47 Å². The summed E-state index contributed by atoms with van der Waals surface area (Å²) in [4.78, 5) is 35.6. The number of carbonyl (C=O) groups excluding carboxylic acids is 2. The summed E-state index contributed by atoms with van der Waals surface area (Å²) < 4.78 is 16.3. The maximum atomic E-state index is 11.7. The molecule has 0 bridgehead atoms. The van der Waals surface area contributed by atoms with Crippen molar-refractivity contribution in [1.82, 2.24) is 0 Å². The van der Waals surface area contributed by atoms with Crippen molar-refractivity contribution < 1.29 is 33.8 Å². The number of carbonyl (C=O) groups is 2. The van der Waals surface area contributed by atoms with Crippen LogP contribution in [0.2, 0.25) is 0 Å². The monoisotopic (exact) mass is 553 g/mol. The van der Waals surface area contributed by atoms with Crippen LogP contribution in [0.3, 0.4) is 0 Å². The zero-order valence-corrected chi connectivity index (χ0v) is 22.9. The number of rotatable bonds is 14. The molecule has 0 aliphatic heterocycles. The summed E-state index contributed by atoms with van der Waals surface area (Å²) in [7, 11) is 1.22. The van der Waals surface area contributed by atoms with Crippen LogP contribution in [0, 0.1) is 10.1 Å². The molecule has 3 aromatic rings. The van der Waals surface area contributed by atoms with Crippen molar-refractivity contribution >= 4 is 29.2 Å². The Morgan fingerprint density at radius 2 is 1.69 bits per heavy atom. The van der Waals surface area contributed by atoms with Crippen molar-refractivity contribution in [3.63, 3.8) is 0 Å². The quantitative estimate of drug-likeness (QED) is 0.0769. The summed E-state index contributed by atoms with van der Waals surface area (Å²) in [5.41, 5.74) is 0.910. The first-order chi connectivity index (χ1) is 18.7. The zero-order chi connectivity index (χ0) is 28.4. The standard InChI is InChI=1S/C29H31NO8S/c1-4-7-24-26(14-13-23(19(2)31)28(24)32)38-17-6-5-16-37-21-9-11-22(12-10-21)39-27-15-8-20(29(33)36-3)18-25(27)30(34)35/h8-15,18,32H,4-7,16-17H2,1-3H3. The first-order valence-corrected chi connectivity index (χ1v) is 13.3. The van der Waals surface area contributed by atoms with E-state index >= 15 is 0 Å². The first-order valence-electron chi connectivity index (χ1n) is 12.5. The smallest absolute Gasteiger partial charge is 0.338 e. The van der Waals surface area contributed by atoms with Crippen molar-refractivity contribution in [2.45, 2.75) is 49.3 Å². The Morgan fingerprint density at radius 3 is 2.31 bits per heavy atom. The average Bonchev–Trinajstić information content (AvgIpc) is 2.92. The summed E-state index contributed by atoms with van der Waals surface area (Å²) in [5.74, 6) is 0.446. The fourth-order valence-corrected chi connectivity index (χ4v) is 4.73. The van der Waals surface area contributed by atoms with Gasteiger partial charge in [0.15, 0.2) is 5.78 Å². The third kappa shape index (κ3) is 7.97. The minimum atomic E-state index is -0.633. The predicted octanol–water partition coefficient (Wildman–Crippen LogP) is 6.63. The van der Waals surface area contributed by atoms with Gasteiger partial charge in [0.1, 0.15) is 17.2 Å². The Balaban J connectivity index is 1.49. The molecule has 3 aromatic carbocycles. The molecule has 0 radical (unpaired) electrons. The molecule has 0 aliphatic rings. The summed E-state index contributed by atoms with van der Waals surface area (Å²) in [6, 6.07) is 14.8. The fourth-order valence-electron chi connectivity index (χ4n) is 3.83. The zero-order valence-electron chi connectivity index (χ0n) is 22.1. The lowest BCUT2D eigenvalue weighted by atomic mass is 10.0. The second-order valence-electron chi connectivity index (χ2n) is 8.65. The number of hydrogen-bond acceptors (Lipinski definition) is 9. The van der Waals surface area contributed by atoms with E-state index in [0.29, 0.717) is 47.2 Å². The second kappa shape index (κ2) is 14.2. The van der Waals surface area contributed by atoms with Gasteiger partial charge in [-0.25, -0.2) is 4.79 Å². The van der Waals surface area contributed by atoms with Crippen molar-refractivity contribution in [1.29, 1.82) is 0 Å². The van der Waals surface area contributed by atoms with Crippen molar-refractivity contribution in [3.05, 3.63) is 81.4 Å². The van der Waals surface area contributed by atoms with E-state index in [4.69, 9.17) is 9.47 Å². The van der Waals surface area contributed by atoms with Crippen LogP contribution in [-0.4, -0.2) is 42.1 Å². The Bertz CT molecular complexity index is 1320. The lowest BCUT2D eigenvalue weighted by molar-refractivity contribution is -0.387. The average molecular weight is 554 g/mol. The lowest BCUT2D eigenvalue weighted by Crippen LogP contribution is -2.05. The van der Waals surface area contributed by atoms with Crippen molar-refractivity contribution in [2.75, 3.05) is 20.3 Å². The summed E-state index contributed by atoms with van der Waals surface area (Å²) in [5, 5.41) is 21.9. The lowest BCUT2D eigenvalue weighted by Gasteiger charge is -2.14. The number of ketones is 1. The van der Waals surface area contributed by atoms with E-state index in [9.17, 15) is 24.8 Å². The number of Topliss-reactive ketones (excluding diaryl/α,β-unsaturated/α-hetero) is 1. The molecule has 0 amide bonds. The number of nitrogens with zero attached hydrogens (tertiary/aromatic N) is 1. The molecule has 3 rings (SSSR count). The number of esters is 1. The third-order valence-electron chi connectivity index (χ3n) is 5.81. The molecule has 0 saturated carbocycles. The second-order valence-corrected chi connectivity index (χ2v) is 9.77. The van der Waals surface area contributed by atoms with E-state index < -0.39 is 10.9 Å². The molecule has 10 heteroatoms. The van der Waals surface area contributed by atoms with Crippen LogP contribution in [0.15, 0.2) is 64.4 Å². The maximum absolute atomic E-state index is 11.7. The molecular weight excluding hydrogens is 522 g/mol. The van der Waals surface area contributed by atoms with Gasteiger partial charge in [-0.05, 0) is 74.7 Å². The molecule has 0 spiro atoms. The number of hydrogen-bond donors (Lipinski definition) is 1. The highest BCUT2D eigenvalue weighted by molar-refractivity contribution is 7.99. The minimum absolute atomic E-state index is 0.000363. The number of benzene rings is 3. The van der Waals surface area contributed by atoms with E-state index in [2.05, 4.69) is 4.74 Å². The van der Waals surface area contributed by atoms with Crippen LogP contribution in [0.5, 0.6) is 17.2 Å². The molecule has 39 heavy (non-hydrogen) atoms. The van der Waals surface area contributed by atoms with Crippen LogP contribution in [0.1, 0.15) is 59.4 Å². The van der Waals surface area contributed by atoms with Crippen LogP contribution in [0.4, 0.5) is 5.69 Å². The maximum Gasteiger partial charge on any atom is 0.338 e. The highest BCUT2D eigenvalue weighted by Gasteiger charge is 2.19. The van der Waals surface area contributed by atoms with Crippen molar-refractivity contribution in [2.24, 2.45) is 0 Å². The van der Waals surface area contributed by atoms with E-state index in [1.807, 2.05) is 19.1 Å². The number of nitro benzene ring substituents is 1. The minimum Gasteiger partial charge on any atom is -0.507 e. The van der Waals surface area contributed by atoms with Crippen LogP contribution in [-0.2, 0) is 11.2 Å². The fraction of sp³-hybridized carbons (Fsp3) is 0.310. The normalized spacial score (nSPS) is 10.6.